The van der Waals surface area contributed by atoms with Crippen LogP contribution in [0.1, 0.15) is 31.8 Å². The summed E-state index contributed by atoms with van der Waals surface area (Å²) in [6.45, 7) is 2.23. The van der Waals surface area contributed by atoms with Crippen molar-refractivity contribution in [1.82, 2.24) is 14.8 Å². The number of carbonyl (C=O) groups excluding carboxylic acids is 2. The number of carbonyl (C=O) groups is 2. The Kier molecular flexibility index (Phi) is 6.98. The summed E-state index contributed by atoms with van der Waals surface area (Å²) in [6.07, 6.45) is 2.97. The van der Waals surface area contributed by atoms with E-state index in [1.807, 2.05) is 24.3 Å². The summed E-state index contributed by atoms with van der Waals surface area (Å²) in [7, 11) is 1.61. The fourth-order valence-electron chi connectivity index (χ4n) is 3.45. The zero-order valence-corrected chi connectivity index (χ0v) is 19.8. The first-order valence-corrected chi connectivity index (χ1v) is 11.0. The maximum absolute atomic E-state index is 12.9. The Balaban J connectivity index is 1.43. The largest absolute Gasteiger partial charge is 0.497 e. The van der Waals surface area contributed by atoms with Crippen LogP contribution in [0.15, 0.2) is 67.0 Å². The monoisotopic (exact) mass is 490 g/mol. The molecule has 0 aliphatic heterocycles. The third-order valence-electron chi connectivity index (χ3n) is 5.34. The van der Waals surface area contributed by atoms with Gasteiger partial charge in [0.05, 0.1) is 19.9 Å². The van der Waals surface area contributed by atoms with E-state index in [4.69, 9.17) is 22.1 Å². The van der Waals surface area contributed by atoms with Crippen LogP contribution in [0.5, 0.6) is 5.75 Å². The summed E-state index contributed by atoms with van der Waals surface area (Å²) in [5.41, 5.74) is 9.66. The third kappa shape index (κ3) is 5.59. The molecule has 10 heteroatoms. The van der Waals surface area contributed by atoms with Crippen LogP contribution in [-0.4, -0.2) is 33.7 Å². The van der Waals surface area contributed by atoms with Crippen molar-refractivity contribution >= 4 is 40.6 Å². The second kappa shape index (κ2) is 10.3. The van der Waals surface area contributed by atoms with Crippen molar-refractivity contribution in [2.75, 3.05) is 23.5 Å². The Morgan fingerprint density at radius 2 is 1.83 bits per heavy atom. The van der Waals surface area contributed by atoms with Gasteiger partial charge in [0.2, 0.25) is 0 Å². The van der Waals surface area contributed by atoms with Crippen LogP contribution >= 0.6 is 11.6 Å². The van der Waals surface area contributed by atoms with Crippen molar-refractivity contribution in [3.8, 4) is 5.75 Å². The van der Waals surface area contributed by atoms with E-state index in [0.29, 0.717) is 40.4 Å². The number of anilines is 3. The molecule has 0 aliphatic carbocycles. The molecule has 4 rings (SSSR count). The van der Waals surface area contributed by atoms with E-state index in [1.165, 1.54) is 18.5 Å². The Hall–Kier alpha value is -4.37. The summed E-state index contributed by atoms with van der Waals surface area (Å²) >= 11 is 5.85. The van der Waals surface area contributed by atoms with Gasteiger partial charge in [0.1, 0.15) is 22.4 Å². The maximum Gasteiger partial charge on any atom is 0.256 e. The summed E-state index contributed by atoms with van der Waals surface area (Å²) in [6, 6.07) is 15.6. The van der Waals surface area contributed by atoms with E-state index in [-0.39, 0.29) is 17.0 Å². The molecule has 178 valence electrons. The van der Waals surface area contributed by atoms with Gasteiger partial charge in [0.15, 0.2) is 0 Å². The number of amides is 2. The highest BCUT2D eigenvalue weighted by Gasteiger charge is 2.15. The Morgan fingerprint density at radius 1 is 1.06 bits per heavy atom. The standard InChI is InChI=1S/C25H23ClN6O3/c1-15-11-18(30-24(33)17-9-10-28-22(26)12-17)5-8-20(15)25(34)31-21-13-29-32(23(21)27)14-16-3-6-19(35-2)7-4-16/h3-13H,14,27H2,1-2H3,(H,30,33)(H,31,34). The van der Waals surface area contributed by atoms with E-state index >= 15 is 0 Å². The van der Waals surface area contributed by atoms with Gasteiger partial charge in [-0.25, -0.2) is 9.67 Å². The summed E-state index contributed by atoms with van der Waals surface area (Å²) in [5, 5.41) is 10.1. The molecule has 4 aromatic rings. The van der Waals surface area contributed by atoms with Crippen LogP contribution in [0.3, 0.4) is 0 Å². The van der Waals surface area contributed by atoms with Crippen molar-refractivity contribution < 1.29 is 14.3 Å². The van der Waals surface area contributed by atoms with Gasteiger partial charge < -0.3 is 21.1 Å². The highest BCUT2D eigenvalue weighted by molar-refractivity contribution is 6.29. The first-order chi connectivity index (χ1) is 16.8. The summed E-state index contributed by atoms with van der Waals surface area (Å²) in [5.74, 6) is 0.435. The number of pyridine rings is 1. The van der Waals surface area contributed by atoms with E-state index < -0.39 is 0 Å². The number of methoxy groups -OCH3 is 1. The lowest BCUT2D eigenvalue weighted by atomic mass is 10.1. The molecule has 0 atom stereocenters. The second-order valence-corrected chi connectivity index (χ2v) is 8.14. The van der Waals surface area contributed by atoms with Crippen molar-refractivity contribution in [1.29, 1.82) is 0 Å². The number of nitrogens with zero attached hydrogens (tertiary/aromatic N) is 3. The lowest BCUT2D eigenvalue weighted by Crippen LogP contribution is -2.16. The molecule has 0 saturated heterocycles. The topological polar surface area (TPSA) is 124 Å². The van der Waals surface area contributed by atoms with Crippen molar-refractivity contribution in [2.45, 2.75) is 13.5 Å². The van der Waals surface area contributed by atoms with Crippen LogP contribution in [0.4, 0.5) is 17.2 Å². The molecule has 35 heavy (non-hydrogen) atoms. The van der Waals surface area contributed by atoms with Crippen LogP contribution in [-0.2, 0) is 6.54 Å². The average molecular weight is 491 g/mol. The van der Waals surface area contributed by atoms with Crippen molar-refractivity contribution in [2.24, 2.45) is 0 Å². The highest BCUT2D eigenvalue weighted by atomic mass is 35.5. The quantitative estimate of drug-likeness (QED) is 0.330. The molecule has 0 saturated carbocycles. The summed E-state index contributed by atoms with van der Waals surface area (Å²) < 4.78 is 6.78. The van der Waals surface area contributed by atoms with Crippen molar-refractivity contribution in [3.63, 3.8) is 0 Å². The normalized spacial score (nSPS) is 10.6. The number of nitrogens with two attached hydrogens (primary N) is 1. The lowest BCUT2D eigenvalue weighted by molar-refractivity contribution is 0.101. The average Bonchev–Trinajstić information content (AvgIpc) is 3.18. The lowest BCUT2D eigenvalue weighted by Gasteiger charge is -2.11. The zero-order chi connectivity index (χ0) is 24.9. The van der Waals surface area contributed by atoms with Gasteiger partial charge in [-0.3, -0.25) is 9.59 Å². The SMILES string of the molecule is COc1ccc(Cn2ncc(NC(=O)c3ccc(NC(=O)c4ccnc(Cl)c4)cc3C)c2N)cc1. The minimum atomic E-state index is -0.336. The first kappa shape index (κ1) is 23.8. The predicted molar refractivity (Wildman–Crippen MR) is 135 cm³/mol. The van der Waals surface area contributed by atoms with Gasteiger partial charge in [0, 0.05) is 23.0 Å². The number of hydrogen-bond acceptors (Lipinski definition) is 6. The number of nitrogens with one attached hydrogen (secondary N) is 2. The van der Waals surface area contributed by atoms with Crippen LogP contribution in [0.25, 0.3) is 0 Å². The van der Waals surface area contributed by atoms with Crippen LogP contribution in [0.2, 0.25) is 5.15 Å². The molecule has 0 radical (unpaired) electrons. The number of benzene rings is 2. The van der Waals surface area contributed by atoms with E-state index in [9.17, 15) is 9.59 Å². The van der Waals surface area contributed by atoms with E-state index in [2.05, 4.69) is 20.7 Å². The molecule has 9 nitrogen and oxygen atoms in total. The van der Waals surface area contributed by atoms with Gasteiger partial charge in [-0.05, 0) is 60.5 Å². The first-order valence-electron chi connectivity index (χ1n) is 10.6. The number of aromatic nitrogens is 3. The van der Waals surface area contributed by atoms with Crippen LogP contribution in [0, 0.1) is 6.92 Å². The molecule has 0 spiro atoms. The molecule has 0 fully saturated rings. The molecular weight excluding hydrogens is 468 g/mol. The maximum atomic E-state index is 12.9. The fraction of sp³-hybridized carbons (Fsp3) is 0.120. The number of halogens is 1. The Labute approximate surface area is 206 Å². The van der Waals surface area contributed by atoms with Gasteiger partial charge in [-0.15, -0.1) is 0 Å². The predicted octanol–water partition coefficient (Wildman–Crippen LogP) is 4.38. The van der Waals surface area contributed by atoms with Crippen molar-refractivity contribution in [3.05, 3.63) is 94.4 Å². The van der Waals surface area contributed by atoms with Gasteiger partial charge >= 0.3 is 0 Å². The van der Waals surface area contributed by atoms with Gasteiger partial charge in [-0.1, -0.05) is 23.7 Å². The second-order valence-electron chi connectivity index (χ2n) is 7.75. The third-order valence-corrected chi connectivity index (χ3v) is 5.54. The number of hydrogen-bond donors (Lipinski definition) is 3. The zero-order valence-electron chi connectivity index (χ0n) is 19.1. The number of ether oxygens (including phenoxy) is 1. The van der Waals surface area contributed by atoms with Gasteiger partial charge in [0.25, 0.3) is 11.8 Å². The minimum Gasteiger partial charge on any atom is -0.497 e. The Morgan fingerprint density at radius 3 is 2.51 bits per heavy atom. The minimum absolute atomic E-state index is 0.229. The molecule has 2 heterocycles. The molecule has 4 N–H and O–H groups in total. The number of nitrogen functional groups attached to an aromatic ring is 1. The Bertz CT molecular complexity index is 1380. The van der Waals surface area contributed by atoms with Gasteiger partial charge in [-0.2, -0.15) is 5.10 Å². The molecule has 0 aliphatic rings. The molecule has 2 aromatic carbocycles. The highest BCUT2D eigenvalue weighted by Crippen LogP contribution is 2.23. The number of rotatable bonds is 7. The van der Waals surface area contributed by atoms with E-state index in [0.717, 1.165) is 11.3 Å². The van der Waals surface area contributed by atoms with E-state index in [1.54, 1.807) is 43.0 Å². The molecule has 0 bridgehead atoms. The summed E-state index contributed by atoms with van der Waals surface area (Å²) in [4.78, 5) is 29.2. The molecule has 2 aromatic heterocycles. The molecule has 2 amide bonds. The number of aryl methyl sites for hydroxylation is 1. The fourth-order valence-corrected chi connectivity index (χ4v) is 3.63. The van der Waals surface area contributed by atoms with Crippen LogP contribution < -0.4 is 21.1 Å². The molecular formula is C25H23ClN6O3. The smallest absolute Gasteiger partial charge is 0.256 e. The molecule has 0 unspecified atom stereocenters.